The first-order valence-electron chi connectivity index (χ1n) is 9.65. The van der Waals surface area contributed by atoms with Crippen LogP contribution in [0.25, 0.3) is 5.57 Å². The van der Waals surface area contributed by atoms with Crippen molar-refractivity contribution in [2.45, 2.75) is 80.2 Å². The second-order valence-electron chi connectivity index (χ2n) is 8.64. The average Bonchev–Trinajstić information content (AvgIpc) is 2.51. The molecule has 0 aliphatic carbocycles. The Balaban J connectivity index is 2.93. The standard InChI is InChI=1S/C23H37N/c1-13(2)20-11-15(5)16(6)22-18(8)17(7)19(9)24(10)12-21(14(3)4)23(20)22/h11-14,17-19H,1-10H3/b21-12-/t17-,18+,19-/m0/s1. The topological polar surface area (TPSA) is 3.24 Å². The van der Waals surface area contributed by atoms with Gasteiger partial charge >= 0.3 is 0 Å². The van der Waals surface area contributed by atoms with Crippen molar-refractivity contribution in [3.05, 3.63) is 40.1 Å². The third kappa shape index (κ3) is 3.15. The zero-order valence-corrected chi connectivity index (χ0v) is 17.5. The molecule has 134 valence electrons. The minimum absolute atomic E-state index is 0.526. The van der Waals surface area contributed by atoms with E-state index in [2.05, 4.69) is 86.5 Å². The van der Waals surface area contributed by atoms with Gasteiger partial charge in [0.25, 0.3) is 0 Å². The van der Waals surface area contributed by atoms with Crippen LogP contribution < -0.4 is 0 Å². The van der Waals surface area contributed by atoms with Crippen molar-refractivity contribution >= 4 is 5.57 Å². The van der Waals surface area contributed by atoms with Gasteiger partial charge in [0.15, 0.2) is 0 Å². The van der Waals surface area contributed by atoms with Gasteiger partial charge in [0.1, 0.15) is 0 Å². The van der Waals surface area contributed by atoms with E-state index in [1.54, 1.807) is 11.1 Å². The number of allylic oxidation sites excluding steroid dienone is 1. The van der Waals surface area contributed by atoms with Crippen molar-refractivity contribution in [3.8, 4) is 0 Å². The Morgan fingerprint density at radius 2 is 1.54 bits per heavy atom. The number of hydrogen-bond acceptors (Lipinski definition) is 1. The normalized spacial score (nSPS) is 26.9. The van der Waals surface area contributed by atoms with Crippen LogP contribution in [0.3, 0.4) is 0 Å². The maximum absolute atomic E-state index is 2.44. The third-order valence-electron chi connectivity index (χ3n) is 6.45. The van der Waals surface area contributed by atoms with Gasteiger partial charge in [0.2, 0.25) is 0 Å². The Morgan fingerprint density at radius 3 is 2.04 bits per heavy atom. The summed E-state index contributed by atoms with van der Waals surface area (Å²) in [4.78, 5) is 2.44. The number of nitrogens with zero attached hydrogens (tertiary/aromatic N) is 1. The van der Waals surface area contributed by atoms with Gasteiger partial charge in [0.05, 0.1) is 0 Å². The molecule has 0 radical (unpaired) electrons. The summed E-state index contributed by atoms with van der Waals surface area (Å²) in [6, 6.07) is 2.99. The molecular formula is C23H37N. The highest BCUT2D eigenvalue weighted by atomic mass is 15.1. The zero-order valence-electron chi connectivity index (χ0n) is 17.5. The first kappa shape index (κ1) is 19.1. The van der Waals surface area contributed by atoms with Gasteiger partial charge < -0.3 is 4.90 Å². The van der Waals surface area contributed by atoms with E-state index in [4.69, 9.17) is 0 Å². The van der Waals surface area contributed by atoms with Crippen molar-refractivity contribution in [3.63, 3.8) is 0 Å². The molecule has 0 fully saturated rings. The summed E-state index contributed by atoms with van der Waals surface area (Å²) in [7, 11) is 2.25. The first-order chi connectivity index (χ1) is 11.1. The van der Waals surface area contributed by atoms with E-state index in [-0.39, 0.29) is 0 Å². The molecule has 0 N–H and O–H groups in total. The minimum atomic E-state index is 0.526. The predicted molar refractivity (Wildman–Crippen MR) is 108 cm³/mol. The summed E-state index contributed by atoms with van der Waals surface area (Å²) in [5.41, 5.74) is 9.12. The summed E-state index contributed by atoms with van der Waals surface area (Å²) < 4.78 is 0. The second-order valence-corrected chi connectivity index (χ2v) is 8.64. The molecule has 0 spiro atoms. The highest BCUT2D eigenvalue weighted by molar-refractivity contribution is 5.75. The second kappa shape index (κ2) is 6.94. The van der Waals surface area contributed by atoms with Crippen LogP contribution in [0.5, 0.6) is 0 Å². The Bertz CT molecular complexity index is 636. The summed E-state index contributed by atoms with van der Waals surface area (Å²) in [6.45, 7) is 21.2. The molecule has 0 saturated carbocycles. The van der Waals surface area contributed by atoms with Crippen molar-refractivity contribution in [2.24, 2.45) is 11.8 Å². The smallest absolute Gasteiger partial charge is 0.0284 e. The van der Waals surface area contributed by atoms with E-state index in [0.717, 1.165) is 0 Å². The molecule has 1 aliphatic heterocycles. The molecule has 0 bridgehead atoms. The first-order valence-corrected chi connectivity index (χ1v) is 9.65. The van der Waals surface area contributed by atoms with Gasteiger partial charge in [-0.3, -0.25) is 0 Å². The molecule has 0 unspecified atom stereocenters. The highest BCUT2D eigenvalue weighted by Crippen LogP contribution is 2.44. The Kier molecular flexibility index (Phi) is 5.52. The summed E-state index contributed by atoms with van der Waals surface area (Å²) >= 11 is 0. The summed E-state index contributed by atoms with van der Waals surface area (Å²) in [6.07, 6.45) is 2.43. The largest absolute Gasteiger partial charge is 0.377 e. The van der Waals surface area contributed by atoms with Gasteiger partial charge in [0, 0.05) is 19.3 Å². The van der Waals surface area contributed by atoms with Gasteiger partial charge in [-0.15, -0.1) is 0 Å². The molecule has 0 saturated heterocycles. The van der Waals surface area contributed by atoms with E-state index in [1.807, 2.05) is 0 Å². The molecule has 2 rings (SSSR count). The van der Waals surface area contributed by atoms with Crippen LogP contribution in [-0.2, 0) is 0 Å². The van der Waals surface area contributed by atoms with Crippen LogP contribution in [-0.4, -0.2) is 18.0 Å². The fraction of sp³-hybridized carbons (Fsp3) is 0.652. The van der Waals surface area contributed by atoms with E-state index < -0.39 is 0 Å². The predicted octanol–water partition coefficient (Wildman–Crippen LogP) is 6.50. The van der Waals surface area contributed by atoms with Gasteiger partial charge in [-0.2, -0.15) is 0 Å². The van der Waals surface area contributed by atoms with E-state index >= 15 is 0 Å². The number of aryl methyl sites for hydroxylation is 1. The lowest BCUT2D eigenvalue weighted by molar-refractivity contribution is 0.239. The van der Waals surface area contributed by atoms with E-state index in [1.165, 1.54) is 22.3 Å². The lowest BCUT2D eigenvalue weighted by Gasteiger charge is -2.39. The Hall–Kier alpha value is -1.24. The molecule has 0 aromatic heterocycles. The molecule has 1 heteroatoms. The SMILES string of the molecule is Cc1cc(C(C)C)c2c(c1C)[C@H](C)[C@H](C)[C@H](C)N(C)/C=C\2C(C)C. The summed E-state index contributed by atoms with van der Waals surface area (Å²) in [5, 5.41) is 0. The molecule has 1 nitrogen and oxygen atoms in total. The fourth-order valence-corrected chi connectivity index (χ4v) is 4.21. The lowest BCUT2D eigenvalue weighted by Crippen LogP contribution is -2.35. The zero-order chi connectivity index (χ0) is 18.3. The van der Waals surface area contributed by atoms with Crippen LogP contribution in [0, 0.1) is 25.7 Å². The Labute approximate surface area is 150 Å². The van der Waals surface area contributed by atoms with Crippen LogP contribution in [0.2, 0.25) is 0 Å². The quantitative estimate of drug-likeness (QED) is 0.599. The maximum atomic E-state index is 2.44. The summed E-state index contributed by atoms with van der Waals surface area (Å²) in [5.74, 6) is 2.26. The van der Waals surface area contributed by atoms with Crippen LogP contribution >= 0.6 is 0 Å². The van der Waals surface area contributed by atoms with Crippen LogP contribution in [0.15, 0.2) is 12.3 Å². The molecule has 0 amide bonds. The van der Waals surface area contributed by atoms with Gasteiger partial charge in [-0.05, 0) is 77.8 Å². The molecule has 1 aromatic carbocycles. The molecule has 3 atom stereocenters. The monoisotopic (exact) mass is 327 g/mol. The Morgan fingerprint density at radius 1 is 0.958 bits per heavy atom. The average molecular weight is 328 g/mol. The molecule has 1 heterocycles. The van der Waals surface area contributed by atoms with E-state index in [9.17, 15) is 0 Å². The molecule has 1 aromatic rings. The van der Waals surface area contributed by atoms with Crippen molar-refractivity contribution in [2.75, 3.05) is 7.05 Å². The van der Waals surface area contributed by atoms with Crippen molar-refractivity contribution in [1.29, 1.82) is 0 Å². The number of fused-ring (bicyclic) bond motifs is 1. The molecular weight excluding hydrogens is 290 g/mol. The molecule has 1 aliphatic rings. The highest BCUT2D eigenvalue weighted by Gasteiger charge is 2.31. The van der Waals surface area contributed by atoms with Gasteiger partial charge in [-0.25, -0.2) is 0 Å². The number of hydrogen-bond donors (Lipinski definition) is 0. The van der Waals surface area contributed by atoms with Crippen molar-refractivity contribution < 1.29 is 0 Å². The minimum Gasteiger partial charge on any atom is -0.377 e. The van der Waals surface area contributed by atoms with Gasteiger partial charge in [-0.1, -0.05) is 47.6 Å². The molecule has 24 heavy (non-hydrogen) atoms. The fourth-order valence-electron chi connectivity index (χ4n) is 4.21. The maximum Gasteiger partial charge on any atom is 0.0284 e. The van der Waals surface area contributed by atoms with Crippen LogP contribution in [0.4, 0.5) is 0 Å². The van der Waals surface area contributed by atoms with Crippen LogP contribution in [0.1, 0.15) is 88.1 Å². The number of rotatable bonds is 2. The third-order valence-corrected chi connectivity index (χ3v) is 6.45. The number of benzene rings is 1. The van der Waals surface area contributed by atoms with Crippen molar-refractivity contribution in [1.82, 2.24) is 4.90 Å². The van der Waals surface area contributed by atoms with E-state index in [0.29, 0.717) is 29.7 Å². The lowest BCUT2D eigenvalue weighted by atomic mass is 9.72.